The molecule has 17 heavy (non-hydrogen) atoms. The first kappa shape index (κ1) is 12.0. The van der Waals surface area contributed by atoms with Crippen LogP contribution in [0, 0.1) is 0 Å². The summed E-state index contributed by atoms with van der Waals surface area (Å²) >= 11 is 0. The predicted octanol–water partition coefficient (Wildman–Crippen LogP) is 1.47. The van der Waals surface area contributed by atoms with E-state index in [2.05, 4.69) is 5.32 Å². The highest BCUT2D eigenvalue weighted by Gasteiger charge is 2.38. The molecule has 0 atom stereocenters. The lowest BCUT2D eigenvalue weighted by molar-refractivity contribution is -0.404. The van der Waals surface area contributed by atoms with Crippen molar-refractivity contribution in [2.75, 3.05) is 0 Å². The van der Waals surface area contributed by atoms with Gasteiger partial charge in [-0.2, -0.15) is 0 Å². The van der Waals surface area contributed by atoms with Crippen molar-refractivity contribution in [3.8, 4) is 0 Å². The van der Waals surface area contributed by atoms with E-state index >= 15 is 0 Å². The molecule has 0 unspecified atom stereocenters. The number of hydrogen-bond acceptors (Lipinski definition) is 4. The molecule has 0 amide bonds. The molecule has 5 nitrogen and oxygen atoms in total. The van der Waals surface area contributed by atoms with Crippen LogP contribution in [0.4, 0.5) is 0 Å². The molecule has 2 N–H and O–H groups in total. The maximum Gasteiger partial charge on any atom is 0.323 e. The summed E-state index contributed by atoms with van der Waals surface area (Å²) in [7, 11) is 0. The lowest BCUT2D eigenvalue weighted by Gasteiger charge is -2.39. The molecule has 0 radical (unpaired) electrons. The fourth-order valence-electron chi connectivity index (χ4n) is 1.43. The van der Waals surface area contributed by atoms with Gasteiger partial charge in [0.2, 0.25) is 6.41 Å². The quantitative estimate of drug-likeness (QED) is 0.830. The number of ether oxygens (including phenoxy) is 2. The van der Waals surface area contributed by atoms with Crippen molar-refractivity contribution in [3.63, 3.8) is 0 Å². The first-order valence-electron chi connectivity index (χ1n) is 5.36. The van der Waals surface area contributed by atoms with E-state index in [1.807, 2.05) is 30.3 Å². The summed E-state index contributed by atoms with van der Waals surface area (Å²) in [5.41, 5.74) is -0.162. The van der Waals surface area contributed by atoms with E-state index in [0.29, 0.717) is 0 Å². The van der Waals surface area contributed by atoms with Crippen LogP contribution in [-0.4, -0.2) is 23.0 Å². The predicted molar refractivity (Wildman–Crippen MR) is 60.0 cm³/mol. The van der Waals surface area contributed by atoms with Gasteiger partial charge in [0, 0.05) is 5.56 Å². The second-order valence-corrected chi connectivity index (χ2v) is 4.42. The maximum absolute atomic E-state index is 10.9. The third-order valence-electron chi connectivity index (χ3n) is 2.58. The standard InChI is InChI=1S/C12H15NO4/c1-12(2,10(14)15)13-11-16-9(17-11)8-6-4-3-5-7-8/h3-7,9,11,13H,1-2H3,(H,14,15). The Balaban J connectivity index is 1.86. The van der Waals surface area contributed by atoms with Crippen molar-refractivity contribution in [1.29, 1.82) is 0 Å². The van der Waals surface area contributed by atoms with Crippen LogP contribution in [0.3, 0.4) is 0 Å². The molecule has 1 saturated heterocycles. The maximum atomic E-state index is 10.9. The molecular formula is C12H15NO4. The monoisotopic (exact) mass is 237 g/mol. The molecule has 0 aliphatic carbocycles. The van der Waals surface area contributed by atoms with Gasteiger partial charge in [0.1, 0.15) is 5.54 Å². The highest BCUT2D eigenvalue weighted by atomic mass is 16.9. The number of nitrogens with one attached hydrogen (secondary N) is 1. The van der Waals surface area contributed by atoms with Crippen molar-refractivity contribution < 1.29 is 19.4 Å². The summed E-state index contributed by atoms with van der Waals surface area (Å²) in [6, 6.07) is 9.48. The molecule has 0 saturated carbocycles. The molecule has 0 bridgehead atoms. The van der Waals surface area contributed by atoms with Crippen LogP contribution in [0.5, 0.6) is 0 Å². The second-order valence-electron chi connectivity index (χ2n) is 4.42. The third-order valence-corrected chi connectivity index (χ3v) is 2.58. The first-order valence-corrected chi connectivity index (χ1v) is 5.36. The molecule has 1 aromatic carbocycles. The van der Waals surface area contributed by atoms with Gasteiger partial charge in [0.05, 0.1) is 0 Å². The van der Waals surface area contributed by atoms with Gasteiger partial charge >= 0.3 is 5.97 Å². The molecule has 0 aromatic heterocycles. The summed E-state index contributed by atoms with van der Waals surface area (Å²) in [6.07, 6.45) is -1.09. The van der Waals surface area contributed by atoms with Crippen LogP contribution < -0.4 is 5.32 Å². The van der Waals surface area contributed by atoms with Crippen molar-refractivity contribution >= 4 is 5.97 Å². The Labute approximate surface area is 99.3 Å². The number of aliphatic carboxylic acids is 1. The molecule has 1 heterocycles. The highest BCUT2D eigenvalue weighted by Crippen LogP contribution is 2.31. The van der Waals surface area contributed by atoms with Crippen molar-refractivity contribution in [1.82, 2.24) is 5.32 Å². The lowest BCUT2D eigenvalue weighted by Crippen LogP contribution is -2.57. The molecule has 5 heteroatoms. The fourth-order valence-corrected chi connectivity index (χ4v) is 1.43. The molecule has 1 aromatic rings. The number of benzene rings is 1. The molecule has 1 fully saturated rings. The average Bonchev–Trinajstić information content (AvgIpc) is 2.24. The van der Waals surface area contributed by atoms with Gasteiger partial charge in [0.15, 0.2) is 6.29 Å². The molecular weight excluding hydrogens is 222 g/mol. The summed E-state index contributed by atoms with van der Waals surface area (Å²) in [5, 5.41) is 11.7. The zero-order valence-corrected chi connectivity index (χ0v) is 9.71. The number of carboxylic acids is 1. The van der Waals surface area contributed by atoms with Gasteiger partial charge in [-0.3, -0.25) is 10.1 Å². The van der Waals surface area contributed by atoms with Crippen LogP contribution in [0.15, 0.2) is 30.3 Å². The average molecular weight is 237 g/mol. The van der Waals surface area contributed by atoms with E-state index in [-0.39, 0.29) is 0 Å². The van der Waals surface area contributed by atoms with Gasteiger partial charge in [-0.25, -0.2) is 0 Å². The van der Waals surface area contributed by atoms with Crippen LogP contribution in [-0.2, 0) is 14.3 Å². The van der Waals surface area contributed by atoms with Gasteiger partial charge in [-0.15, -0.1) is 0 Å². The van der Waals surface area contributed by atoms with Crippen LogP contribution in [0.1, 0.15) is 25.7 Å². The minimum atomic E-state index is -1.08. The molecule has 1 aliphatic rings. The van der Waals surface area contributed by atoms with Gasteiger partial charge in [0.25, 0.3) is 0 Å². The van der Waals surface area contributed by atoms with Crippen LogP contribution in [0.2, 0.25) is 0 Å². The van der Waals surface area contributed by atoms with E-state index in [9.17, 15) is 4.79 Å². The van der Waals surface area contributed by atoms with Crippen molar-refractivity contribution in [3.05, 3.63) is 35.9 Å². The Morgan fingerprint density at radius 3 is 2.41 bits per heavy atom. The van der Waals surface area contributed by atoms with Gasteiger partial charge in [-0.1, -0.05) is 30.3 Å². The topological polar surface area (TPSA) is 67.8 Å². The van der Waals surface area contributed by atoms with E-state index < -0.39 is 24.2 Å². The second kappa shape index (κ2) is 4.44. The van der Waals surface area contributed by atoms with Gasteiger partial charge < -0.3 is 14.6 Å². The van der Waals surface area contributed by atoms with E-state index in [4.69, 9.17) is 14.6 Å². The summed E-state index contributed by atoms with van der Waals surface area (Å²) in [6.45, 7) is 3.11. The van der Waals surface area contributed by atoms with E-state index in [0.717, 1.165) is 5.56 Å². The molecule has 2 rings (SSSR count). The number of carboxylic acid groups (broad SMARTS) is 1. The van der Waals surface area contributed by atoms with E-state index in [1.54, 1.807) is 13.8 Å². The Kier molecular flexibility index (Phi) is 3.15. The zero-order valence-electron chi connectivity index (χ0n) is 9.71. The smallest absolute Gasteiger partial charge is 0.323 e. The highest BCUT2D eigenvalue weighted by molar-refractivity contribution is 5.77. The largest absolute Gasteiger partial charge is 0.480 e. The fraction of sp³-hybridized carbons (Fsp3) is 0.417. The Bertz CT molecular complexity index is 398. The summed E-state index contributed by atoms with van der Waals surface area (Å²) in [4.78, 5) is 10.9. The number of hydrogen-bond donors (Lipinski definition) is 2. The van der Waals surface area contributed by atoms with Crippen LogP contribution in [0.25, 0.3) is 0 Å². The number of carbonyl (C=O) groups is 1. The summed E-state index contributed by atoms with van der Waals surface area (Å²) in [5.74, 6) is -0.951. The van der Waals surface area contributed by atoms with E-state index in [1.165, 1.54) is 0 Å². The molecule has 92 valence electrons. The molecule has 1 aliphatic heterocycles. The summed E-state index contributed by atoms with van der Waals surface area (Å²) < 4.78 is 10.8. The van der Waals surface area contributed by atoms with Gasteiger partial charge in [-0.05, 0) is 13.8 Å². The number of rotatable bonds is 4. The first-order chi connectivity index (χ1) is 7.99. The minimum Gasteiger partial charge on any atom is -0.480 e. The SMILES string of the molecule is CC(C)(NC1OC(c2ccccc2)O1)C(=O)O. The lowest BCUT2D eigenvalue weighted by atomic mass is 10.1. The minimum absolute atomic E-state index is 0.418. The zero-order chi connectivity index (χ0) is 12.5. The Morgan fingerprint density at radius 1 is 1.29 bits per heavy atom. The molecule has 0 spiro atoms. The Hall–Kier alpha value is -1.43. The van der Waals surface area contributed by atoms with Crippen molar-refractivity contribution in [2.45, 2.75) is 32.1 Å². The van der Waals surface area contributed by atoms with Crippen molar-refractivity contribution in [2.24, 2.45) is 0 Å². The van der Waals surface area contributed by atoms with Crippen LogP contribution >= 0.6 is 0 Å². The third kappa shape index (κ3) is 2.63. The normalized spacial score (nSPS) is 24.1. The Morgan fingerprint density at radius 2 is 1.88 bits per heavy atom.